The minimum Gasteiger partial charge on any atom is -0.453 e. The van der Waals surface area contributed by atoms with Gasteiger partial charge in [0.05, 0.1) is 24.2 Å². The van der Waals surface area contributed by atoms with E-state index in [1.54, 1.807) is 36.2 Å². The Morgan fingerprint density at radius 1 is 1.03 bits per heavy atom. The molecule has 0 bridgehead atoms. The summed E-state index contributed by atoms with van der Waals surface area (Å²) in [6.07, 6.45) is 1.23. The smallest absolute Gasteiger partial charge is 0.411 e. The number of para-hydroxylation sites is 2. The topological polar surface area (TPSA) is 76.5 Å². The highest BCUT2D eigenvalue weighted by molar-refractivity contribution is 5.96. The minimum absolute atomic E-state index is 0.143. The first kappa shape index (κ1) is 21.1. The molecule has 2 amide bonds. The van der Waals surface area contributed by atoms with Crippen LogP contribution in [0.25, 0.3) is 16.7 Å². The molecule has 1 N–H and O–H groups in total. The Morgan fingerprint density at radius 2 is 1.78 bits per heavy atom. The molecule has 0 radical (unpaired) electrons. The van der Waals surface area contributed by atoms with Crippen molar-refractivity contribution in [2.75, 3.05) is 19.5 Å². The van der Waals surface area contributed by atoms with E-state index in [1.165, 1.54) is 7.11 Å². The summed E-state index contributed by atoms with van der Waals surface area (Å²) in [5.74, 6) is -0.143. The lowest BCUT2D eigenvalue weighted by atomic mass is 10.1. The molecule has 0 saturated carbocycles. The van der Waals surface area contributed by atoms with Gasteiger partial charge in [0.2, 0.25) is 0 Å². The van der Waals surface area contributed by atoms with Gasteiger partial charge >= 0.3 is 6.09 Å². The van der Waals surface area contributed by atoms with E-state index >= 15 is 0 Å². The molecular weight excluding hydrogens is 404 g/mol. The molecule has 4 rings (SSSR count). The zero-order chi connectivity index (χ0) is 22.7. The molecule has 0 spiro atoms. The van der Waals surface area contributed by atoms with Crippen LogP contribution in [0.4, 0.5) is 10.5 Å². The monoisotopic (exact) mass is 428 g/mol. The van der Waals surface area contributed by atoms with Crippen molar-refractivity contribution in [2.24, 2.45) is 0 Å². The first-order valence-electron chi connectivity index (χ1n) is 10.2. The van der Waals surface area contributed by atoms with Crippen LogP contribution in [0.3, 0.4) is 0 Å². The third-order valence-corrected chi connectivity index (χ3v) is 5.55. The highest BCUT2D eigenvalue weighted by Crippen LogP contribution is 2.24. The molecule has 1 heterocycles. The van der Waals surface area contributed by atoms with Crippen molar-refractivity contribution in [3.8, 4) is 5.69 Å². The molecule has 1 unspecified atom stereocenters. The molecule has 0 aliphatic carbocycles. The van der Waals surface area contributed by atoms with Gasteiger partial charge in [0.15, 0.2) is 0 Å². The molecule has 7 heteroatoms. The summed E-state index contributed by atoms with van der Waals surface area (Å²) < 4.78 is 6.65. The molecule has 0 aliphatic rings. The number of ether oxygens (including phenoxy) is 1. The summed E-state index contributed by atoms with van der Waals surface area (Å²) in [5, 5.41) is 2.58. The maximum atomic E-state index is 13.0. The normalized spacial score (nSPS) is 11.7. The highest BCUT2D eigenvalue weighted by atomic mass is 16.5. The molecule has 4 aromatic rings. The number of nitrogens with zero attached hydrogens (tertiary/aromatic N) is 3. The summed E-state index contributed by atoms with van der Waals surface area (Å²) in [6.45, 7) is 1.98. The second kappa shape index (κ2) is 8.93. The van der Waals surface area contributed by atoms with E-state index in [4.69, 9.17) is 0 Å². The Bertz CT molecular complexity index is 1260. The van der Waals surface area contributed by atoms with Crippen LogP contribution < -0.4 is 5.32 Å². The number of hydrogen-bond donors (Lipinski definition) is 1. The van der Waals surface area contributed by atoms with Gasteiger partial charge in [-0.1, -0.05) is 30.3 Å². The van der Waals surface area contributed by atoms with Crippen molar-refractivity contribution in [3.05, 3.63) is 90.3 Å². The van der Waals surface area contributed by atoms with E-state index in [2.05, 4.69) is 15.0 Å². The zero-order valence-electron chi connectivity index (χ0n) is 18.1. The standard InChI is InChI=1S/C25H24N4O3/c1-17(28(2)24(30)19-7-6-8-20(15-19)27-25(31)32-3)18-11-13-21(14-12-18)29-16-26-22-9-4-5-10-23(22)29/h4-17H,1-3H3,(H,27,31). The van der Waals surface area contributed by atoms with Gasteiger partial charge in [-0.3, -0.25) is 14.7 Å². The fourth-order valence-electron chi connectivity index (χ4n) is 3.58. The number of anilines is 1. The molecule has 7 nitrogen and oxygen atoms in total. The molecule has 0 fully saturated rings. The van der Waals surface area contributed by atoms with Crippen LogP contribution in [0.5, 0.6) is 0 Å². The number of hydrogen-bond acceptors (Lipinski definition) is 4. The second-order valence-corrected chi connectivity index (χ2v) is 7.48. The maximum Gasteiger partial charge on any atom is 0.411 e. The first-order chi connectivity index (χ1) is 15.5. The number of aromatic nitrogens is 2. The van der Waals surface area contributed by atoms with Crippen molar-refractivity contribution in [2.45, 2.75) is 13.0 Å². The van der Waals surface area contributed by atoms with Gasteiger partial charge < -0.3 is 9.64 Å². The number of imidazole rings is 1. The summed E-state index contributed by atoms with van der Waals surface area (Å²) >= 11 is 0. The minimum atomic E-state index is -0.581. The largest absolute Gasteiger partial charge is 0.453 e. The summed E-state index contributed by atoms with van der Waals surface area (Å²) in [6, 6.07) is 22.7. The van der Waals surface area contributed by atoms with Crippen LogP contribution in [-0.2, 0) is 4.74 Å². The molecule has 0 aliphatic heterocycles. The number of methoxy groups -OCH3 is 1. The van der Waals surface area contributed by atoms with E-state index in [0.29, 0.717) is 11.3 Å². The average molecular weight is 428 g/mol. The van der Waals surface area contributed by atoms with Crippen molar-refractivity contribution in [3.63, 3.8) is 0 Å². The first-order valence-corrected chi connectivity index (χ1v) is 10.2. The predicted molar refractivity (Wildman–Crippen MR) is 124 cm³/mol. The summed E-state index contributed by atoms with van der Waals surface area (Å²) in [5.41, 5.74) is 4.98. The third kappa shape index (κ3) is 4.18. The fourth-order valence-corrected chi connectivity index (χ4v) is 3.58. The Kier molecular flexibility index (Phi) is 5.89. The fraction of sp³-hybridized carbons (Fsp3) is 0.160. The number of fused-ring (bicyclic) bond motifs is 1. The van der Waals surface area contributed by atoms with E-state index in [0.717, 1.165) is 22.3 Å². The second-order valence-electron chi connectivity index (χ2n) is 7.48. The van der Waals surface area contributed by atoms with Gasteiger partial charge in [0.1, 0.15) is 6.33 Å². The van der Waals surface area contributed by atoms with Crippen LogP contribution in [0.15, 0.2) is 79.1 Å². The lowest BCUT2D eigenvalue weighted by Gasteiger charge is -2.26. The molecule has 1 atom stereocenters. The van der Waals surface area contributed by atoms with Gasteiger partial charge in [-0.25, -0.2) is 9.78 Å². The van der Waals surface area contributed by atoms with Crippen LogP contribution in [0.1, 0.15) is 28.9 Å². The van der Waals surface area contributed by atoms with Crippen molar-refractivity contribution < 1.29 is 14.3 Å². The Labute approximate surface area is 186 Å². The van der Waals surface area contributed by atoms with Crippen LogP contribution >= 0.6 is 0 Å². The zero-order valence-corrected chi connectivity index (χ0v) is 18.1. The molecule has 162 valence electrons. The Balaban J connectivity index is 1.51. The SMILES string of the molecule is COC(=O)Nc1cccc(C(=O)N(C)C(C)c2ccc(-n3cnc4ccccc43)cc2)c1. The van der Waals surface area contributed by atoms with E-state index < -0.39 is 6.09 Å². The van der Waals surface area contributed by atoms with Crippen molar-refractivity contribution >= 4 is 28.7 Å². The predicted octanol–water partition coefficient (Wildman–Crippen LogP) is 5.04. The summed E-state index contributed by atoms with van der Waals surface area (Å²) in [4.78, 5) is 30.6. The molecular formula is C25H24N4O3. The van der Waals surface area contributed by atoms with E-state index in [-0.39, 0.29) is 11.9 Å². The van der Waals surface area contributed by atoms with E-state index in [1.807, 2.05) is 66.3 Å². The number of benzene rings is 3. The maximum absolute atomic E-state index is 13.0. The van der Waals surface area contributed by atoms with Gasteiger partial charge in [-0.2, -0.15) is 0 Å². The van der Waals surface area contributed by atoms with Crippen molar-refractivity contribution in [1.82, 2.24) is 14.5 Å². The van der Waals surface area contributed by atoms with Crippen LogP contribution in [0, 0.1) is 0 Å². The number of carbonyl (C=O) groups is 2. The van der Waals surface area contributed by atoms with E-state index in [9.17, 15) is 9.59 Å². The van der Waals surface area contributed by atoms with Gasteiger partial charge in [0.25, 0.3) is 5.91 Å². The molecule has 3 aromatic carbocycles. The molecule has 0 saturated heterocycles. The molecule has 32 heavy (non-hydrogen) atoms. The number of carbonyl (C=O) groups excluding carboxylic acids is 2. The lowest BCUT2D eigenvalue weighted by Crippen LogP contribution is -2.29. The quantitative estimate of drug-likeness (QED) is 0.483. The number of nitrogens with one attached hydrogen (secondary N) is 1. The third-order valence-electron chi connectivity index (χ3n) is 5.55. The van der Waals surface area contributed by atoms with Gasteiger partial charge in [0, 0.05) is 24.0 Å². The van der Waals surface area contributed by atoms with Crippen LogP contribution in [0.2, 0.25) is 0 Å². The Hall–Kier alpha value is -4.13. The highest BCUT2D eigenvalue weighted by Gasteiger charge is 2.19. The lowest BCUT2D eigenvalue weighted by molar-refractivity contribution is 0.0742. The van der Waals surface area contributed by atoms with Crippen molar-refractivity contribution in [1.29, 1.82) is 0 Å². The van der Waals surface area contributed by atoms with Crippen LogP contribution in [-0.4, -0.2) is 40.6 Å². The Morgan fingerprint density at radius 3 is 2.53 bits per heavy atom. The molecule has 1 aromatic heterocycles. The van der Waals surface area contributed by atoms with Gasteiger partial charge in [-0.05, 0) is 55.0 Å². The number of rotatable bonds is 5. The summed E-state index contributed by atoms with van der Waals surface area (Å²) in [7, 11) is 3.06. The van der Waals surface area contributed by atoms with Gasteiger partial charge in [-0.15, -0.1) is 0 Å². The number of amides is 2. The average Bonchev–Trinajstić information content (AvgIpc) is 3.27.